The van der Waals surface area contributed by atoms with Crippen LogP contribution in [0, 0.1) is 0 Å². The number of amides is 1. The van der Waals surface area contributed by atoms with Gasteiger partial charge in [0.1, 0.15) is 6.54 Å². The Balaban J connectivity index is 2.55. The van der Waals surface area contributed by atoms with Crippen molar-refractivity contribution in [1.29, 1.82) is 0 Å². The normalized spacial score (nSPS) is 19.5. The van der Waals surface area contributed by atoms with Gasteiger partial charge in [0.05, 0.1) is 6.54 Å². The van der Waals surface area contributed by atoms with Crippen LogP contribution >= 0.6 is 0 Å². The highest BCUT2D eigenvalue weighted by Crippen LogP contribution is 2.19. The Labute approximate surface area is 134 Å². The lowest BCUT2D eigenvalue weighted by Crippen LogP contribution is -2.45. The van der Waals surface area contributed by atoms with Crippen molar-refractivity contribution < 1.29 is 18.0 Å². The molecule has 0 radical (unpaired) electrons. The number of nitrogens with one attached hydrogen (secondary N) is 2. The molecule has 0 aliphatic carbocycles. The van der Waals surface area contributed by atoms with Gasteiger partial charge >= 0.3 is 6.18 Å². The van der Waals surface area contributed by atoms with Gasteiger partial charge in [0, 0.05) is 39.8 Å². The Morgan fingerprint density at radius 2 is 2.17 bits per heavy atom. The number of carbonyl (C=O) groups is 1. The molecule has 0 aromatic heterocycles. The van der Waals surface area contributed by atoms with Gasteiger partial charge in [-0.05, 0) is 6.42 Å². The zero-order valence-electron chi connectivity index (χ0n) is 13.5. The van der Waals surface area contributed by atoms with E-state index in [-0.39, 0.29) is 25.0 Å². The van der Waals surface area contributed by atoms with Crippen LogP contribution in [-0.2, 0) is 4.79 Å². The molecule has 132 valence electrons. The van der Waals surface area contributed by atoms with Crippen LogP contribution < -0.4 is 10.6 Å². The van der Waals surface area contributed by atoms with Crippen molar-refractivity contribution in [3.8, 4) is 0 Å². The van der Waals surface area contributed by atoms with Crippen LogP contribution in [0.1, 0.15) is 6.42 Å². The van der Waals surface area contributed by atoms with Gasteiger partial charge in [-0.1, -0.05) is 6.08 Å². The maximum Gasteiger partial charge on any atom is 0.401 e. The van der Waals surface area contributed by atoms with E-state index in [1.165, 1.54) is 9.80 Å². The fourth-order valence-electron chi connectivity index (χ4n) is 2.15. The SMILES string of the molecule is C=CCNC(=NCC(=O)N(C)C)NC1CCN(CC(F)(F)F)C1. The number of aliphatic imine (C=N–C) groups is 1. The van der Waals surface area contributed by atoms with E-state index >= 15 is 0 Å². The summed E-state index contributed by atoms with van der Waals surface area (Å²) in [5, 5.41) is 6.04. The Morgan fingerprint density at radius 1 is 1.48 bits per heavy atom. The summed E-state index contributed by atoms with van der Waals surface area (Å²) in [6, 6.07) is -0.136. The van der Waals surface area contributed by atoms with Crippen molar-refractivity contribution in [2.24, 2.45) is 4.99 Å². The first-order valence-electron chi connectivity index (χ1n) is 7.36. The molecular weight excluding hydrogens is 311 g/mol. The molecule has 6 nitrogen and oxygen atoms in total. The van der Waals surface area contributed by atoms with Gasteiger partial charge in [0.25, 0.3) is 0 Å². The van der Waals surface area contributed by atoms with E-state index in [0.29, 0.717) is 25.5 Å². The molecule has 23 heavy (non-hydrogen) atoms. The standard InChI is InChI=1S/C14H24F3N5O/c1-4-6-18-13(19-8-12(23)21(2)3)20-11-5-7-22(9-11)10-14(15,16)17/h4,11H,1,5-10H2,2-3H3,(H2,18,19,20). The van der Waals surface area contributed by atoms with Crippen LogP contribution in [0.5, 0.6) is 0 Å². The summed E-state index contributed by atoms with van der Waals surface area (Å²) in [6.45, 7) is 3.76. The predicted molar refractivity (Wildman–Crippen MR) is 83.2 cm³/mol. The highest BCUT2D eigenvalue weighted by molar-refractivity contribution is 5.85. The number of rotatable bonds is 6. The molecular formula is C14H24F3N5O. The second kappa shape index (κ2) is 8.76. The summed E-state index contributed by atoms with van der Waals surface area (Å²) in [7, 11) is 3.27. The number of likely N-dealkylation sites (N-methyl/N-ethyl adjacent to an activating group) is 1. The molecule has 1 fully saturated rings. The summed E-state index contributed by atoms with van der Waals surface area (Å²) in [5.74, 6) is 0.244. The minimum Gasteiger partial charge on any atom is -0.353 e. The van der Waals surface area contributed by atoms with Crippen molar-refractivity contribution in [2.45, 2.75) is 18.6 Å². The quantitative estimate of drug-likeness (QED) is 0.420. The van der Waals surface area contributed by atoms with Crippen molar-refractivity contribution in [3.63, 3.8) is 0 Å². The molecule has 0 bridgehead atoms. The second-order valence-electron chi connectivity index (χ2n) is 5.60. The van der Waals surface area contributed by atoms with Crippen LogP contribution in [0.3, 0.4) is 0 Å². The van der Waals surface area contributed by atoms with E-state index in [9.17, 15) is 18.0 Å². The maximum absolute atomic E-state index is 12.4. The predicted octanol–water partition coefficient (Wildman–Crippen LogP) is 0.432. The minimum atomic E-state index is -4.19. The van der Waals surface area contributed by atoms with Crippen LogP contribution in [0.15, 0.2) is 17.6 Å². The van der Waals surface area contributed by atoms with Crippen molar-refractivity contribution >= 4 is 11.9 Å². The lowest BCUT2D eigenvalue weighted by molar-refractivity contribution is -0.143. The minimum absolute atomic E-state index is 0.0293. The first-order valence-corrected chi connectivity index (χ1v) is 7.36. The molecule has 1 atom stereocenters. The molecule has 1 aliphatic heterocycles. The highest BCUT2D eigenvalue weighted by Gasteiger charge is 2.34. The zero-order chi connectivity index (χ0) is 17.5. The number of alkyl halides is 3. The average molecular weight is 335 g/mol. The number of guanidine groups is 1. The number of hydrogen-bond acceptors (Lipinski definition) is 3. The van der Waals surface area contributed by atoms with Crippen molar-refractivity contribution in [2.75, 3.05) is 46.8 Å². The Hall–Kier alpha value is -1.77. The van der Waals surface area contributed by atoms with Crippen LogP contribution in [-0.4, -0.2) is 80.7 Å². The molecule has 9 heteroatoms. The first kappa shape index (κ1) is 19.3. The largest absolute Gasteiger partial charge is 0.401 e. The summed E-state index contributed by atoms with van der Waals surface area (Å²) in [5.41, 5.74) is 0. The molecule has 1 saturated heterocycles. The van der Waals surface area contributed by atoms with Crippen molar-refractivity contribution in [3.05, 3.63) is 12.7 Å². The van der Waals surface area contributed by atoms with E-state index in [0.717, 1.165) is 0 Å². The first-order chi connectivity index (χ1) is 10.7. The average Bonchev–Trinajstić information content (AvgIpc) is 2.86. The third kappa shape index (κ3) is 7.87. The number of likely N-dealkylation sites (tertiary alicyclic amines) is 1. The van der Waals surface area contributed by atoms with Crippen LogP contribution in [0.25, 0.3) is 0 Å². The number of carbonyl (C=O) groups excluding carboxylic acids is 1. The summed E-state index contributed by atoms with van der Waals surface area (Å²) >= 11 is 0. The number of nitrogens with zero attached hydrogens (tertiary/aromatic N) is 3. The van der Waals surface area contributed by atoms with Gasteiger partial charge in [0.2, 0.25) is 5.91 Å². The van der Waals surface area contributed by atoms with Gasteiger partial charge in [-0.25, -0.2) is 4.99 Å². The molecule has 1 aliphatic rings. The lowest BCUT2D eigenvalue weighted by Gasteiger charge is -2.20. The zero-order valence-corrected chi connectivity index (χ0v) is 13.5. The molecule has 1 heterocycles. The van der Waals surface area contributed by atoms with E-state index in [1.54, 1.807) is 20.2 Å². The molecule has 2 N–H and O–H groups in total. The molecule has 0 aromatic rings. The monoisotopic (exact) mass is 335 g/mol. The second-order valence-corrected chi connectivity index (χ2v) is 5.60. The van der Waals surface area contributed by atoms with E-state index in [2.05, 4.69) is 22.2 Å². The molecule has 0 saturated carbocycles. The van der Waals surface area contributed by atoms with Gasteiger partial charge in [-0.2, -0.15) is 13.2 Å². The maximum atomic E-state index is 12.4. The smallest absolute Gasteiger partial charge is 0.353 e. The third-order valence-electron chi connectivity index (χ3n) is 3.30. The van der Waals surface area contributed by atoms with Crippen LogP contribution in [0.4, 0.5) is 13.2 Å². The fourth-order valence-corrected chi connectivity index (χ4v) is 2.15. The van der Waals surface area contributed by atoms with E-state index < -0.39 is 12.7 Å². The molecule has 1 amide bonds. The van der Waals surface area contributed by atoms with Crippen LogP contribution in [0.2, 0.25) is 0 Å². The Kier molecular flexibility index (Phi) is 7.34. The molecule has 0 spiro atoms. The fraction of sp³-hybridized carbons (Fsp3) is 0.714. The molecule has 1 unspecified atom stereocenters. The molecule has 1 rings (SSSR count). The topological polar surface area (TPSA) is 60.0 Å². The lowest BCUT2D eigenvalue weighted by atomic mass is 10.3. The van der Waals surface area contributed by atoms with E-state index in [1.807, 2.05) is 0 Å². The number of hydrogen-bond donors (Lipinski definition) is 2. The van der Waals surface area contributed by atoms with Gasteiger partial charge in [0.15, 0.2) is 5.96 Å². The highest BCUT2D eigenvalue weighted by atomic mass is 19.4. The Bertz CT molecular complexity index is 437. The summed E-state index contributed by atoms with van der Waals surface area (Å²) in [4.78, 5) is 18.5. The van der Waals surface area contributed by atoms with Gasteiger partial charge in [-0.15, -0.1) is 6.58 Å². The number of halogens is 3. The molecule has 0 aromatic carbocycles. The van der Waals surface area contributed by atoms with Gasteiger partial charge < -0.3 is 15.5 Å². The summed E-state index contributed by atoms with van der Waals surface area (Å²) in [6.07, 6.45) is -1.97. The van der Waals surface area contributed by atoms with Crippen molar-refractivity contribution in [1.82, 2.24) is 20.4 Å². The van der Waals surface area contributed by atoms with E-state index in [4.69, 9.17) is 0 Å². The summed E-state index contributed by atoms with van der Waals surface area (Å²) < 4.78 is 37.2. The third-order valence-corrected chi connectivity index (χ3v) is 3.30. The van der Waals surface area contributed by atoms with Gasteiger partial charge in [-0.3, -0.25) is 9.69 Å². The Morgan fingerprint density at radius 3 is 2.74 bits per heavy atom.